The second-order valence-electron chi connectivity index (χ2n) is 11.0. The molecule has 0 amide bonds. The zero-order valence-corrected chi connectivity index (χ0v) is 29.7. The lowest BCUT2D eigenvalue weighted by atomic mass is 10.1. The van der Waals surface area contributed by atoms with Crippen LogP contribution >= 0.6 is 0 Å². The van der Waals surface area contributed by atoms with Gasteiger partial charge in [0.05, 0.1) is 37.9 Å². The molecule has 0 spiro atoms. The van der Waals surface area contributed by atoms with Crippen molar-refractivity contribution in [2.75, 3.05) is 55.7 Å². The second-order valence-corrected chi connectivity index (χ2v) is 11.0. The number of aromatic nitrogens is 3. The predicted molar refractivity (Wildman–Crippen MR) is 198 cm³/mol. The number of halogens is 2. The highest BCUT2D eigenvalue weighted by Gasteiger charge is 2.25. The molecular formula is C37H50F2N8O3. The highest BCUT2D eigenvalue weighted by molar-refractivity contribution is 5.69. The van der Waals surface area contributed by atoms with Crippen molar-refractivity contribution in [3.8, 4) is 11.4 Å². The first-order valence-electron chi connectivity index (χ1n) is 17.1. The summed E-state index contributed by atoms with van der Waals surface area (Å²) in [6, 6.07) is 21.0. The fraction of sp³-hybridized carbons (Fsp3) is 0.405. The van der Waals surface area contributed by atoms with Gasteiger partial charge in [0, 0.05) is 56.6 Å². The van der Waals surface area contributed by atoms with Crippen LogP contribution in [-0.2, 0) is 11.8 Å². The largest absolute Gasteiger partial charge is 0.493 e. The lowest BCUT2D eigenvalue weighted by Gasteiger charge is -2.37. The molecule has 2 saturated heterocycles. The van der Waals surface area contributed by atoms with Gasteiger partial charge >= 0.3 is 5.69 Å². The summed E-state index contributed by atoms with van der Waals surface area (Å²) in [4.78, 5) is 24.9. The summed E-state index contributed by atoms with van der Waals surface area (Å²) in [5, 5.41) is 4.02. The van der Waals surface area contributed by atoms with Gasteiger partial charge in [-0.05, 0) is 67.1 Å². The molecular weight excluding hydrogens is 642 g/mol. The maximum absolute atomic E-state index is 12.1. The molecule has 2 fully saturated rings. The Hall–Kier alpha value is -5.04. The highest BCUT2D eigenvalue weighted by Crippen LogP contribution is 2.25. The topological polar surface area (TPSA) is 116 Å². The number of hydrogen-bond acceptors (Lipinski definition) is 7. The Balaban J connectivity index is 0.000000485. The minimum Gasteiger partial charge on any atom is -0.493 e. The number of piperazine rings is 1. The van der Waals surface area contributed by atoms with Gasteiger partial charge in [0.1, 0.15) is 30.0 Å². The van der Waals surface area contributed by atoms with Crippen molar-refractivity contribution in [1.29, 1.82) is 0 Å². The van der Waals surface area contributed by atoms with Crippen LogP contribution in [0, 0.1) is 17.6 Å². The molecule has 2 unspecified atom stereocenters. The molecule has 1 aromatic heterocycles. The summed E-state index contributed by atoms with van der Waals surface area (Å²) in [5.74, 6) is 0.161. The van der Waals surface area contributed by atoms with Crippen LogP contribution in [0.4, 0.5) is 20.2 Å². The summed E-state index contributed by atoms with van der Waals surface area (Å²) in [6.07, 6.45) is 5.26. The molecule has 2 aliphatic rings. The number of benzene rings is 3. The van der Waals surface area contributed by atoms with Crippen LogP contribution in [0.3, 0.4) is 0 Å². The second kappa shape index (κ2) is 21.1. The van der Waals surface area contributed by atoms with Crippen molar-refractivity contribution in [2.24, 2.45) is 28.7 Å². The number of hydrogen-bond donors (Lipinski definition) is 1. The monoisotopic (exact) mass is 692 g/mol. The molecule has 3 heterocycles. The van der Waals surface area contributed by atoms with Crippen molar-refractivity contribution in [1.82, 2.24) is 14.3 Å². The van der Waals surface area contributed by atoms with Crippen LogP contribution < -0.4 is 26.0 Å². The first-order valence-corrected chi connectivity index (χ1v) is 17.1. The van der Waals surface area contributed by atoms with E-state index in [0.29, 0.717) is 25.7 Å². The molecule has 0 radical (unpaired) electrons. The Kier molecular flexibility index (Phi) is 16.7. The summed E-state index contributed by atoms with van der Waals surface area (Å²) < 4.78 is 38.6. The van der Waals surface area contributed by atoms with E-state index in [1.54, 1.807) is 17.9 Å². The molecule has 50 heavy (non-hydrogen) atoms. The van der Waals surface area contributed by atoms with E-state index < -0.39 is 11.6 Å². The fourth-order valence-electron chi connectivity index (χ4n) is 5.31. The lowest BCUT2D eigenvalue weighted by Crippen LogP contribution is -2.46. The zero-order valence-electron chi connectivity index (χ0n) is 29.7. The number of anilines is 2. The molecule has 2 aliphatic heterocycles. The fourth-order valence-corrected chi connectivity index (χ4v) is 5.31. The van der Waals surface area contributed by atoms with Crippen LogP contribution in [0.25, 0.3) is 5.69 Å². The maximum Gasteiger partial charge on any atom is 0.350 e. The van der Waals surface area contributed by atoms with Crippen LogP contribution in [0.15, 0.2) is 93.9 Å². The third-order valence-corrected chi connectivity index (χ3v) is 7.78. The molecule has 13 heteroatoms. The normalized spacial score (nSPS) is 17.0. The molecule has 6 rings (SSSR count). The standard InChI is InChI=1S/C27H34N8O3.C6H4F2.2C2H6/c1-32-27(36)35(20-31-32)24-4-2-22(3-5-24)33-10-12-34(13-11-33)23-6-8-25(9-7-23)37-16-21-14-26(38-17-21)15-29-19-30-18-28;7-5-2-1-3-6(8)4-5;2*1-2/h2-9,18-21,26H,10-17H2,1H3,(H2,28,29,30);1-4H;2*1-2H3. The Morgan fingerprint density at radius 2 is 1.46 bits per heavy atom. The van der Waals surface area contributed by atoms with Crippen molar-refractivity contribution in [3.63, 3.8) is 0 Å². The molecule has 3 aromatic carbocycles. The number of aryl methyl sites for hydroxylation is 1. The highest BCUT2D eigenvalue weighted by atomic mass is 19.1. The predicted octanol–water partition coefficient (Wildman–Crippen LogP) is 5.71. The van der Waals surface area contributed by atoms with Gasteiger partial charge in [0.25, 0.3) is 0 Å². The molecule has 2 N–H and O–H groups in total. The van der Waals surface area contributed by atoms with E-state index >= 15 is 0 Å². The lowest BCUT2D eigenvalue weighted by molar-refractivity contribution is 0.108. The minimum atomic E-state index is -0.537. The van der Waals surface area contributed by atoms with Crippen LogP contribution in [-0.4, -0.2) is 79.1 Å². The first kappa shape index (κ1) is 39.4. The maximum atomic E-state index is 12.1. The summed E-state index contributed by atoms with van der Waals surface area (Å²) in [6.45, 7) is 13.6. The number of nitrogens with zero attached hydrogens (tertiary/aromatic N) is 7. The Labute approximate surface area is 293 Å². The zero-order chi connectivity index (χ0) is 36.3. The summed E-state index contributed by atoms with van der Waals surface area (Å²) in [5.41, 5.74) is 8.22. The van der Waals surface area contributed by atoms with E-state index in [0.717, 1.165) is 55.8 Å². The number of ether oxygens (including phenoxy) is 2. The van der Waals surface area contributed by atoms with Crippen LogP contribution in [0.1, 0.15) is 34.1 Å². The minimum absolute atomic E-state index is 0.109. The Morgan fingerprint density at radius 1 is 0.900 bits per heavy atom. The Bertz CT molecular complexity index is 1630. The molecule has 4 aromatic rings. The quantitative estimate of drug-likeness (QED) is 0.177. The van der Waals surface area contributed by atoms with Gasteiger partial charge in [-0.3, -0.25) is 4.99 Å². The number of nitrogens with two attached hydrogens (primary N) is 1. The smallest absolute Gasteiger partial charge is 0.350 e. The van der Waals surface area contributed by atoms with Crippen molar-refractivity contribution in [3.05, 3.63) is 101 Å². The summed E-state index contributed by atoms with van der Waals surface area (Å²) in [7, 11) is 1.65. The van der Waals surface area contributed by atoms with Gasteiger partial charge in [0.15, 0.2) is 0 Å². The molecule has 11 nitrogen and oxygen atoms in total. The van der Waals surface area contributed by atoms with Gasteiger partial charge < -0.3 is 25.0 Å². The average molecular weight is 693 g/mol. The SMILES string of the molecule is CC.CC.Cn1ncn(-c2ccc(N3CCN(c4ccc(OCC5COC(CN=CN=CN)C5)cc4)CC3)cc2)c1=O.Fc1cccc(F)c1. The van der Waals surface area contributed by atoms with Crippen molar-refractivity contribution >= 4 is 24.1 Å². The van der Waals surface area contributed by atoms with Gasteiger partial charge in [-0.2, -0.15) is 5.10 Å². The molecule has 270 valence electrons. The van der Waals surface area contributed by atoms with E-state index in [4.69, 9.17) is 15.2 Å². The third kappa shape index (κ3) is 11.8. The number of aliphatic imine (C=N–C) groups is 2. The molecule has 0 bridgehead atoms. The van der Waals surface area contributed by atoms with Crippen molar-refractivity contribution in [2.45, 2.75) is 40.2 Å². The van der Waals surface area contributed by atoms with Crippen molar-refractivity contribution < 1.29 is 18.3 Å². The average Bonchev–Trinajstić information content (AvgIpc) is 3.76. The molecule has 0 saturated carbocycles. The van der Waals surface area contributed by atoms with Gasteiger partial charge in [-0.1, -0.05) is 33.8 Å². The molecule has 0 aliphatic carbocycles. The first-order chi connectivity index (χ1) is 24.4. The van der Waals surface area contributed by atoms with Crippen LogP contribution in [0.5, 0.6) is 5.75 Å². The van der Waals surface area contributed by atoms with E-state index in [-0.39, 0.29) is 11.8 Å². The van der Waals surface area contributed by atoms with Gasteiger partial charge in [-0.25, -0.2) is 27.8 Å². The van der Waals surface area contributed by atoms with Gasteiger partial charge in [-0.15, -0.1) is 0 Å². The Morgan fingerprint density at radius 3 is 1.96 bits per heavy atom. The van der Waals surface area contributed by atoms with E-state index in [1.807, 2.05) is 52.0 Å². The number of rotatable bonds is 9. The van der Waals surface area contributed by atoms with E-state index in [2.05, 4.69) is 49.1 Å². The van der Waals surface area contributed by atoms with E-state index in [9.17, 15) is 13.6 Å². The van der Waals surface area contributed by atoms with Gasteiger partial charge in [0.2, 0.25) is 0 Å². The van der Waals surface area contributed by atoms with Crippen LogP contribution in [0.2, 0.25) is 0 Å². The third-order valence-electron chi connectivity index (χ3n) is 7.78. The van der Waals surface area contributed by atoms with E-state index in [1.165, 1.54) is 41.2 Å². The molecule has 2 atom stereocenters. The summed E-state index contributed by atoms with van der Waals surface area (Å²) >= 11 is 0.